The van der Waals surface area contributed by atoms with Crippen molar-refractivity contribution in [1.82, 2.24) is 8.61 Å². The summed E-state index contributed by atoms with van der Waals surface area (Å²) >= 11 is -0.364. The number of hydrogen-bond donors (Lipinski definition) is 1. The average molecular weight is 387 g/mol. The van der Waals surface area contributed by atoms with Gasteiger partial charge in [0.05, 0.1) is 18.2 Å². The molecule has 0 radical (unpaired) electrons. The first-order valence-corrected chi connectivity index (χ1v) is 11.1. The van der Waals surface area contributed by atoms with E-state index >= 15 is 0 Å². The van der Waals surface area contributed by atoms with Gasteiger partial charge in [0, 0.05) is 6.54 Å². The lowest BCUT2D eigenvalue weighted by Gasteiger charge is -2.22. The zero-order valence-corrected chi connectivity index (χ0v) is 15.7. The monoisotopic (exact) mass is 386 g/mol. The highest BCUT2D eigenvalue weighted by Crippen LogP contribution is 2.13. The molecule has 1 rings (SSSR count). The number of nitrogens with zero attached hydrogens (tertiary/aromatic N) is 3. The van der Waals surface area contributed by atoms with Gasteiger partial charge in [-0.05, 0) is 32.4 Å². The van der Waals surface area contributed by atoms with Crippen molar-refractivity contribution in [1.29, 1.82) is 0 Å². The fourth-order valence-corrected chi connectivity index (χ4v) is 4.57. The smallest absolute Gasteiger partial charge is 0.320 e. The van der Waals surface area contributed by atoms with Crippen LogP contribution in [0.4, 0.5) is 0 Å². The summed E-state index contributed by atoms with van der Waals surface area (Å²) in [6.45, 7) is 2.15. The SMILES string of the molecule is CSCN(C(=O)[C@@H](N)CCCCN1C(C)=NOS1=O)S(C)(=O)=O. The summed E-state index contributed by atoms with van der Waals surface area (Å²) in [4.78, 5) is 12.1. The molecule has 12 heteroatoms. The Labute approximate surface area is 143 Å². The normalized spacial score (nSPS) is 19.2. The predicted octanol–water partition coefficient (Wildman–Crippen LogP) is -0.163. The number of carbonyl (C=O) groups is 1. The van der Waals surface area contributed by atoms with Gasteiger partial charge < -0.3 is 5.73 Å². The van der Waals surface area contributed by atoms with Gasteiger partial charge in [-0.1, -0.05) is 5.16 Å². The molecule has 0 saturated heterocycles. The maximum atomic E-state index is 12.1. The van der Waals surface area contributed by atoms with Crippen LogP contribution >= 0.6 is 11.8 Å². The van der Waals surface area contributed by atoms with E-state index in [9.17, 15) is 17.4 Å². The van der Waals surface area contributed by atoms with Gasteiger partial charge in [-0.3, -0.25) is 9.08 Å². The summed E-state index contributed by atoms with van der Waals surface area (Å²) in [7, 11) is -3.63. The fourth-order valence-electron chi connectivity index (χ4n) is 1.88. The van der Waals surface area contributed by atoms with Crippen molar-refractivity contribution >= 4 is 44.8 Å². The molecule has 134 valence electrons. The molecule has 0 aliphatic carbocycles. The third-order valence-corrected chi connectivity index (χ3v) is 5.91. The molecule has 0 aromatic heterocycles. The number of sulfonamides is 1. The van der Waals surface area contributed by atoms with Crippen LogP contribution in [-0.2, 0) is 30.4 Å². The Morgan fingerprint density at radius 3 is 2.65 bits per heavy atom. The Morgan fingerprint density at radius 2 is 2.17 bits per heavy atom. The summed E-state index contributed by atoms with van der Waals surface area (Å²) in [5.41, 5.74) is 5.81. The van der Waals surface area contributed by atoms with E-state index in [2.05, 4.69) is 9.44 Å². The number of thioether (sulfide) groups is 1. The quantitative estimate of drug-likeness (QED) is 0.431. The van der Waals surface area contributed by atoms with Crippen molar-refractivity contribution in [3.05, 3.63) is 0 Å². The van der Waals surface area contributed by atoms with Crippen molar-refractivity contribution in [2.45, 2.75) is 32.2 Å². The highest BCUT2D eigenvalue weighted by Gasteiger charge is 2.28. The van der Waals surface area contributed by atoms with E-state index in [1.54, 1.807) is 13.2 Å². The van der Waals surface area contributed by atoms with Crippen molar-refractivity contribution in [3.8, 4) is 0 Å². The maximum Gasteiger partial charge on any atom is 0.341 e. The Bertz CT molecular complexity index is 580. The maximum absolute atomic E-state index is 12.1. The van der Waals surface area contributed by atoms with Gasteiger partial charge >= 0.3 is 11.3 Å². The second-order valence-electron chi connectivity index (χ2n) is 5.00. The van der Waals surface area contributed by atoms with E-state index in [0.717, 1.165) is 10.6 Å². The Hall–Kier alpha value is -0.850. The summed E-state index contributed by atoms with van der Waals surface area (Å²) in [5.74, 6) is -0.0231. The van der Waals surface area contributed by atoms with Crippen LogP contribution < -0.4 is 5.73 Å². The summed E-state index contributed by atoms with van der Waals surface area (Å²) in [6.07, 6.45) is 4.25. The molecule has 0 saturated carbocycles. The molecule has 0 bridgehead atoms. The van der Waals surface area contributed by atoms with Gasteiger partial charge in [0.25, 0.3) is 5.91 Å². The van der Waals surface area contributed by atoms with Crippen LogP contribution in [0.25, 0.3) is 0 Å². The van der Waals surface area contributed by atoms with Crippen molar-refractivity contribution in [2.24, 2.45) is 10.9 Å². The zero-order chi connectivity index (χ0) is 17.6. The highest BCUT2D eigenvalue weighted by molar-refractivity contribution is 7.99. The van der Waals surface area contributed by atoms with Gasteiger partial charge in [-0.25, -0.2) is 17.0 Å². The van der Waals surface area contributed by atoms with E-state index in [-0.39, 0.29) is 5.88 Å². The van der Waals surface area contributed by atoms with Crippen LogP contribution in [0.3, 0.4) is 0 Å². The summed E-state index contributed by atoms with van der Waals surface area (Å²) in [6, 6.07) is -0.882. The Kier molecular flexibility index (Phi) is 7.77. The molecule has 0 fully saturated rings. The molecule has 1 aliphatic heterocycles. The highest BCUT2D eigenvalue weighted by atomic mass is 32.2. The standard InChI is InChI=1S/C11H22N4O5S3/c1-9-13-20-22(17)14(9)7-5-4-6-10(12)11(16)15(8-21-2)23(3,18)19/h10H,4-8,12H2,1-3H3/t10-,22?/m0/s1. The average Bonchev–Trinajstić information content (AvgIpc) is 2.78. The fraction of sp³-hybridized carbons (Fsp3) is 0.818. The first-order chi connectivity index (χ1) is 10.7. The molecular weight excluding hydrogens is 364 g/mol. The van der Waals surface area contributed by atoms with Crippen LogP contribution in [0.15, 0.2) is 5.16 Å². The van der Waals surface area contributed by atoms with E-state index in [1.165, 1.54) is 16.1 Å². The Balaban J connectivity index is 2.43. The molecule has 1 heterocycles. The molecule has 0 aromatic carbocycles. The number of amides is 1. The molecule has 0 aromatic rings. The molecule has 1 amide bonds. The summed E-state index contributed by atoms with van der Waals surface area (Å²) < 4.78 is 41.6. The minimum Gasteiger partial charge on any atom is -0.320 e. The largest absolute Gasteiger partial charge is 0.341 e. The third kappa shape index (κ3) is 5.94. The third-order valence-electron chi connectivity index (χ3n) is 3.11. The van der Waals surface area contributed by atoms with Crippen LogP contribution in [0.5, 0.6) is 0 Å². The number of nitrogens with two attached hydrogens (primary N) is 1. The number of unbranched alkanes of at least 4 members (excludes halogenated alkanes) is 1. The van der Waals surface area contributed by atoms with Crippen LogP contribution in [0.2, 0.25) is 0 Å². The minimum absolute atomic E-state index is 0.0467. The lowest BCUT2D eigenvalue weighted by atomic mass is 10.1. The van der Waals surface area contributed by atoms with Gasteiger partial charge in [0.2, 0.25) is 10.0 Å². The predicted molar refractivity (Wildman–Crippen MR) is 90.9 cm³/mol. The first-order valence-electron chi connectivity index (χ1n) is 6.86. The molecule has 0 spiro atoms. The van der Waals surface area contributed by atoms with Crippen LogP contribution in [0.1, 0.15) is 26.2 Å². The first kappa shape index (κ1) is 20.2. The van der Waals surface area contributed by atoms with Crippen molar-refractivity contribution in [3.63, 3.8) is 0 Å². The van der Waals surface area contributed by atoms with E-state index < -0.39 is 33.2 Å². The van der Waals surface area contributed by atoms with Crippen molar-refractivity contribution < 1.29 is 21.7 Å². The van der Waals surface area contributed by atoms with E-state index in [4.69, 9.17) is 5.73 Å². The van der Waals surface area contributed by atoms with E-state index in [1.807, 2.05) is 0 Å². The number of rotatable bonds is 9. The minimum atomic E-state index is -3.63. The van der Waals surface area contributed by atoms with Gasteiger partial charge in [-0.15, -0.1) is 11.8 Å². The number of amidine groups is 1. The second-order valence-corrected chi connectivity index (χ2v) is 8.77. The topological polar surface area (TPSA) is 122 Å². The molecule has 23 heavy (non-hydrogen) atoms. The van der Waals surface area contributed by atoms with Gasteiger partial charge in [-0.2, -0.15) is 4.21 Å². The molecule has 2 atom stereocenters. The van der Waals surface area contributed by atoms with Crippen molar-refractivity contribution in [2.75, 3.05) is 24.9 Å². The summed E-state index contributed by atoms with van der Waals surface area (Å²) in [5, 5.41) is 3.60. The lowest BCUT2D eigenvalue weighted by molar-refractivity contribution is -0.127. The van der Waals surface area contributed by atoms with Gasteiger partial charge in [0.1, 0.15) is 0 Å². The Morgan fingerprint density at radius 1 is 1.52 bits per heavy atom. The van der Waals surface area contributed by atoms with E-state index in [0.29, 0.717) is 31.6 Å². The molecule has 1 unspecified atom stereocenters. The molecule has 9 nitrogen and oxygen atoms in total. The molecular formula is C11H22N4O5S3. The molecule has 2 N–H and O–H groups in total. The molecule has 1 aliphatic rings. The van der Waals surface area contributed by atoms with Gasteiger partial charge in [0.15, 0.2) is 5.84 Å². The second kappa shape index (κ2) is 8.85. The van der Waals surface area contributed by atoms with Crippen LogP contribution in [0, 0.1) is 0 Å². The lowest BCUT2D eigenvalue weighted by Crippen LogP contribution is -2.46. The zero-order valence-electron chi connectivity index (χ0n) is 13.3. The number of oxime groups is 1. The number of carbonyl (C=O) groups excluding carboxylic acids is 1. The number of hydrogen-bond acceptors (Lipinski definition) is 8. The van der Waals surface area contributed by atoms with Crippen LogP contribution in [-0.4, -0.2) is 64.0 Å².